The van der Waals surface area contributed by atoms with Gasteiger partial charge in [0.25, 0.3) is 0 Å². The van der Waals surface area contributed by atoms with Gasteiger partial charge < -0.3 is 9.52 Å². The molecule has 0 amide bonds. The minimum atomic E-state index is 0.0542. The summed E-state index contributed by atoms with van der Waals surface area (Å²) < 4.78 is 7.39. The zero-order chi connectivity index (χ0) is 21.1. The maximum atomic E-state index is 10.3. The normalized spacial score (nSPS) is 11.0. The third-order valence-corrected chi connectivity index (χ3v) is 5.54. The summed E-state index contributed by atoms with van der Waals surface area (Å²) in [6.45, 7) is 0. The molecule has 0 unspecified atom stereocenters. The van der Waals surface area contributed by atoms with Crippen LogP contribution in [-0.2, 0) is 0 Å². The predicted octanol–water partition coefficient (Wildman–Crippen LogP) is 7.47. The van der Waals surface area contributed by atoms with Gasteiger partial charge in [0.15, 0.2) is 0 Å². The number of aliphatic imine (C=N–C) groups is 1. The molecule has 0 atom stereocenters. The van der Waals surface area contributed by atoms with Gasteiger partial charge in [0.05, 0.1) is 4.47 Å². The van der Waals surface area contributed by atoms with Crippen molar-refractivity contribution in [2.24, 2.45) is 4.99 Å². The van der Waals surface area contributed by atoms with Crippen molar-refractivity contribution in [2.75, 3.05) is 0 Å². The van der Waals surface area contributed by atoms with E-state index in [2.05, 4.69) is 42.9 Å². The molecule has 0 saturated carbocycles. The van der Waals surface area contributed by atoms with Crippen LogP contribution >= 0.6 is 31.9 Å². The summed E-state index contributed by atoms with van der Waals surface area (Å²) in [6.07, 6.45) is 1.48. The minimum absolute atomic E-state index is 0.0542. The van der Waals surface area contributed by atoms with Gasteiger partial charge in [0.1, 0.15) is 23.1 Å². The zero-order valence-electron chi connectivity index (χ0n) is 15.5. The van der Waals surface area contributed by atoms with Gasteiger partial charge in [0, 0.05) is 27.4 Å². The molecule has 0 aliphatic rings. The Morgan fingerprint density at radius 3 is 2.20 bits per heavy atom. The molecule has 1 heterocycles. The van der Waals surface area contributed by atoms with E-state index in [4.69, 9.17) is 4.42 Å². The van der Waals surface area contributed by atoms with E-state index in [-0.39, 0.29) is 11.6 Å². The number of phenolic OH excluding ortho intramolecular Hbond substituents is 1. The largest absolute Gasteiger partial charge is 0.506 e. The van der Waals surface area contributed by atoms with Crippen LogP contribution in [0.15, 0.2) is 91.2 Å². The highest BCUT2D eigenvalue weighted by Crippen LogP contribution is 2.42. The fourth-order valence-electron chi connectivity index (χ4n) is 3.10. The van der Waals surface area contributed by atoms with Gasteiger partial charge in [-0.25, -0.2) is 4.99 Å². The summed E-state index contributed by atoms with van der Waals surface area (Å²) in [5.74, 6) is 0.814. The molecule has 3 aromatic carbocycles. The third kappa shape index (κ3) is 3.95. The van der Waals surface area contributed by atoms with E-state index in [1.54, 1.807) is 12.1 Å². The van der Waals surface area contributed by atoms with Gasteiger partial charge in [-0.15, -0.1) is 0 Å². The lowest BCUT2D eigenvalue weighted by Crippen LogP contribution is -1.85. The number of aromatic hydroxyl groups is 1. The molecule has 0 radical (unpaired) electrons. The third-order valence-electron chi connectivity index (χ3n) is 4.48. The average Bonchev–Trinajstić information content (AvgIpc) is 3.15. The summed E-state index contributed by atoms with van der Waals surface area (Å²) in [7, 11) is 0. The lowest BCUT2D eigenvalue weighted by atomic mass is 9.98. The molecule has 4 aromatic rings. The molecule has 30 heavy (non-hydrogen) atoms. The monoisotopic (exact) mass is 520 g/mol. The first-order chi connectivity index (χ1) is 14.6. The van der Waals surface area contributed by atoms with Crippen LogP contribution in [0.25, 0.3) is 22.5 Å². The molecule has 1 aromatic heterocycles. The van der Waals surface area contributed by atoms with Crippen molar-refractivity contribution < 1.29 is 9.52 Å². The van der Waals surface area contributed by atoms with E-state index in [1.807, 2.05) is 60.7 Å². The SMILES string of the molecule is N#Cc1c(/N=C/c2cc(Br)cc(Br)c2O)oc(-c2ccccc2)c1-c1ccccc1. The quantitative estimate of drug-likeness (QED) is 0.283. The van der Waals surface area contributed by atoms with Crippen LogP contribution in [0.3, 0.4) is 0 Å². The van der Waals surface area contributed by atoms with Crippen LogP contribution in [0.5, 0.6) is 5.75 Å². The number of furan rings is 1. The Kier molecular flexibility index (Phi) is 5.84. The van der Waals surface area contributed by atoms with Crippen molar-refractivity contribution in [3.63, 3.8) is 0 Å². The summed E-state index contributed by atoms with van der Waals surface area (Å²) >= 11 is 6.71. The molecule has 0 fully saturated rings. The maximum Gasteiger partial charge on any atom is 0.238 e. The van der Waals surface area contributed by atoms with Gasteiger partial charge in [-0.1, -0.05) is 76.6 Å². The highest BCUT2D eigenvalue weighted by molar-refractivity contribution is 9.11. The number of phenols is 1. The van der Waals surface area contributed by atoms with Crippen LogP contribution in [0.4, 0.5) is 5.88 Å². The molecule has 0 spiro atoms. The van der Waals surface area contributed by atoms with Crippen LogP contribution in [0.1, 0.15) is 11.1 Å². The fourth-order valence-corrected chi connectivity index (χ4v) is 4.36. The molecule has 6 heteroatoms. The van der Waals surface area contributed by atoms with Crippen molar-refractivity contribution in [1.29, 1.82) is 5.26 Å². The van der Waals surface area contributed by atoms with E-state index in [0.29, 0.717) is 26.9 Å². The van der Waals surface area contributed by atoms with Crippen molar-refractivity contribution in [3.8, 4) is 34.3 Å². The number of nitrogens with zero attached hydrogens (tertiary/aromatic N) is 2. The second-order valence-corrected chi connectivity index (χ2v) is 8.18. The van der Waals surface area contributed by atoms with Crippen molar-refractivity contribution in [1.82, 2.24) is 0 Å². The molecular weight excluding hydrogens is 508 g/mol. The second kappa shape index (κ2) is 8.70. The molecule has 4 rings (SSSR count). The molecule has 4 nitrogen and oxygen atoms in total. The number of halogens is 2. The first-order valence-corrected chi connectivity index (χ1v) is 10.6. The van der Waals surface area contributed by atoms with Crippen LogP contribution in [0, 0.1) is 11.3 Å². The number of rotatable bonds is 4. The molecule has 0 saturated heterocycles. The molecule has 0 aliphatic heterocycles. The van der Waals surface area contributed by atoms with E-state index >= 15 is 0 Å². The van der Waals surface area contributed by atoms with Crippen LogP contribution < -0.4 is 0 Å². The van der Waals surface area contributed by atoms with Crippen LogP contribution in [-0.4, -0.2) is 11.3 Å². The highest BCUT2D eigenvalue weighted by atomic mass is 79.9. The Bertz CT molecular complexity index is 1270. The number of nitriles is 1. The van der Waals surface area contributed by atoms with Crippen molar-refractivity contribution in [3.05, 3.63) is 92.9 Å². The molecule has 146 valence electrons. The first-order valence-electron chi connectivity index (χ1n) is 8.98. The van der Waals surface area contributed by atoms with Gasteiger partial charge in [-0.2, -0.15) is 5.26 Å². The smallest absolute Gasteiger partial charge is 0.238 e. The lowest BCUT2D eigenvalue weighted by molar-refractivity contribution is 0.471. The minimum Gasteiger partial charge on any atom is -0.506 e. The fraction of sp³-hybridized carbons (Fsp3) is 0. The Labute approximate surface area is 190 Å². The Morgan fingerprint density at radius 2 is 1.57 bits per heavy atom. The van der Waals surface area contributed by atoms with E-state index in [1.165, 1.54) is 6.21 Å². The topological polar surface area (TPSA) is 69.5 Å². The van der Waals surface area contributed by atoms with Gasteiger partial charge in [0.2, 0.25) is 5.88 Å². The lowest BCUT2D eigenvalue weighted by Gasteiger charge is -2.03. The average molecular weight is 522 g/mol. The Balaban J connectivity index is 1.90. The molecular formula is C24H14Br2N2O2. The summed E-state index contributed by atoms with van der Waals surface area (Å²) in [4.78, 5) is 4.41. The number of hydrogen-bond acceptors (Lipinski definition) is 4. The Morgan fingerprint density at radius 1 is 0.933 bits per heavy atom. The molecule has 0 bridgehead atoms. The summed E-state index contributed by atoms with van der Waals surface area (Å²) in [5, 5.41) is 20.2. The highest BCUT2D eigenvalue weighted by Gasteiger charge is 2.22. The summed E-state index contributed by atoms with van der Waals surface area (Å²) in [6, 6.07) is 24.9. The van der Waals surface area contributed by atoms with Crippen molar-refractivity contribution >= 4 is 44.0 Å². The van der Waals surface area contributed by atoms with Crippen LogP contribution in [0.2, 0.25) is 0 Å². The first kappa shape index (κ1) is 20.1. The number of benzene rings is 3. The van der Waals surface area contributed by atoms with Gasteiger partial charge >= 0.3 is 0 Å². The molecule has 1 N–H and O–H groups in total. The van der Waals surface area contributed by atoms with Crippen molar-refractivity contribution in [2.45, 2.75) is 0 Å². The van der Waals surface area contributed by atoms with E-state index < -0.39 is 0 Å². The van der Waals surface area contributed by atoms with Gasteiger partial charge in [-0.05, 0) is 33.6 Å². The number of hydrogen-bond donors (Lipinski definition) is 1. The van der Waals surface area contributed by atoms with Gasteiger partial charge in [-0.3, -0.25) is 0 Å². The predicted molar refractivity (Wildman–Crippen MR) is 125 cm³/mol. The standard InChI is InChI=1S/C24H14Br2N2O2/c25-18-11-17(22(29)20(26)12-18)14-28-24-19(13-27)21(15-7-3-1-4-8-15)23(30-24)16-9-5-2-6-10-16/h1-12,14,29H/b28-14+. The van der Waals surface area contributed by atoms with E-state index in [9.17, 15) is 10.4 Å². The second-order valence-electron chi connectivity index (χ2n) is 6.41. The molecule has 0 aliphatic carbocycles. The maximum absolute atomic E-state index is 10.3. The van der Waals surface area contributed by atoms with E-state index in [0.717, 1.165) is 15.6 Å². The Hall–Kier alpha value is -3.14. The zero-order valence-corrected chi connectivity index (χ0v) is 18.7. The summed E-state index contributed by atoms with van der Waals surface area (Å²) in [5.41, 5.74) is 3.23.